The van der Waals surface area contributed by atoms with Gasteiger partial charge in [-0.25, -0.2) is 4.39 Å². The van der Waals surface area contributed by atoms with Gasteiger partial charge in [-0.05, 0) is 42.7 Å². The van der Waals surface area contributed by atoms with Crippen LogP contribution in [0, 0.1) is 12.7 Å². The molecule has 0 saturated carbocycles. The Morgan fingerprint density at radius 3 is 2.71 bits per heavy atom. The van der Waals surface area contributed by atoms with E-state index in [4.69, 9.17) is 4.74 Å². The average molecular weight is 286 g/mol. The van der Waals surface area contributed by atoms with Gasteiger partial charge in [-0.15, -0.1) is 0 Å². The van der Waals surface area contributed by atoms with Crippen molar-refractivity contribution in [2.75, 3.05) is 6.61 Å². The van der Waals surface area contributed by atoms with Crippen LogP contribution < -0.4 is 4.74 Å². The van der Waals surface area contributed by atoms with E-state index in [0.29, 0.717) is 0 Å². The predicted octanol–water partition coefficient (Wildman–Crippen LogP) is 3.60. The average Bonchev–Trinajstić information content (AvgIpc) is 2.87. The molecule has 2 unspecified atom stereocenters. The summed E-state index contributed by atoms with van der Waals surface area (Å²) in [6.07, 6.45) is 1.67. The van der Waals surface area contributed by atoms with Crippen molar-refractivity contribution in [3.05, 3.63) is 65.0 Å². The summed E-state index contributed by atoms with van der Waals surface area (Å²) in [7, 11) is 0. The molecule has 21 heavy (non-hydrogen) atoms. The fraction of sp³-hybridized carbons (Fsp3) is 0.333. The van der Waals surface area contributed by atoms with E-state index < -0.39 is 0 Å². The molecule has 2 aromatic carbocycles. The molecular weight excluding hydrogens is 267 g/mol. The van der Waals surface area contributed by atoms with Crippen molar-refractivity contribution in [2.24, 2.45) is 0 Å². The molecule has 2 aromatic rings. The number of hydrogen-bond donors (Lipinski definition) is 1. The van der Waals surface area contributed by atoms with Crippen LogP contribution >= 0.6 is 0 Å². The van der Waals surface area contributed by atoms with Gasteiger partial charge in [0.25, 0.3) is 0 Å². The molecule has 2 nitrogen and oxygen atoms in total. The van der Waals surface area contributed by atoms with Gasteiger partial charge in [-0.2, -0.15) is 0 Å². The quantitative estimate of drug-likeness (QED) is 0.930. The highest BCUT2D eigenvalue weighted by molar-refractivity contribution is 5.40. The smallest absolute Gasteiger partial charge is 0.123 e. The Morgan fingerprint density at radius 2 is 2.00 bits per heavy atom. The minimum absolute atomic E-state index is 0.0222. The van der Waals surface area contributed by atoms with E-state index in [2.05, 4.69) is 13.0 Å². The number of aryl methyl sites for hydroxylation is 1. The zero-order valence-electron chi connectivity index (χ0n) is 12.1. The number of halogens is 1. The zero-order chi connectivity index (χ0) is 14.8. The zero-order valence-corrected chi connectivity index (χ0v) is 12.1. The van der Waals surface area contributed by atoms with Crippen molar-refractivity contribution >= 4 is 0 Å². The molecule has 1 aliphatic heterocycles. The maximum absolute atomic E-state index is 13.0. The highest BCUT2D eigenvalue weighted by atomic mass is 19.1. The van der Waals surface area contributed by atoms with Gasteiger partial charge in [-0.3, -0.25) is 0 Å². The molecular formula is C18H19FO2. The van der Waals surface area contributed by atoms with Gasteiger partial charge in [-0.1, -0.05) is 29.8 Å². The Morgan fingerprint density at radius 1 is 1.24 bits per heavy atom. The third-order valence-electron chi connectivity index (χ3n) is 4.07. The summed E-state index contributed by atoms with van der Waals surface area (Å²) >= 11 is 0. The number of hydrogen-bond acceptors (Lipinski definition) is 2. The lowest BCUT2D eigenvalue weighted by molar-refractivity contribution is 0.179. The summed E-state index contributed by atoms with van der Waals surface area (Å²) in [5.74, 6) is 0.669. The number of aliphatic hydroxyl groups is 1. The fourth-order valence-corrected chi connectivity index (χ4v) is 2.95. The number of benzene rings is 2. The van der Waals surface area contributed by atoms with E-state index in [1.807, 2.05) is 12.1 Å². The van der Waals surface area contributed by atoms with Crippen LogP contribution in [0.2, 0.25) is 0 Å². The number of aliphatic hydroxyl groups excluding tert-OH is 1. The van der Waals surface area contributed by atoms with Crippen molar-refractivity contribution in [1.29, 1.82) is 0 Å². The molecule has 1 heterocycles. The van der Waals surface area contributed by atoms with Crippen molar-refractivity contribution in [2.45, 2.75) is 31.8 Å². The standard InChI is InChI=1S/C18H19FO2/c1-12-2-7-18-14(8-12)9-17(21-18)10-15(11-20)13-3-5-16(19)6-4-13/h2-8,15,17,20H,9-11H2,1H3. The lowest BCUT2D eigenvalue weighted by Crippen LogP contribution is -2.19. The first-order valence-corrected chi connectivity index (χ1v) is 7.28. The molecule has 0 amide bonds. The van der Waals surface area contributed by atoms with Crippen molar-refractivity contribution < 1.29 is 14.2 Å². The Balaban J connectivity index is 1.70. The Bertz CT molecular complexity index is 622. The van der Waals surface area contributed by atoms with Crippen molar-refractivity contribution in [3.63, 3.8) is 0 Å². The molecule has 0 aromatic heterocycles. The Kier molecular flexibility index (Phi) is 3.93. The summed E-state index contributed by atoms with van der Waals surface area (Å²) in [4.78, 5) is 0. The van der Waals surface area contributed by atoms with Gasteiger partial charge in [0.15, 0.2) is 0 Å². The molecule has 110 valence electrons. The highest BCUT2D eigenvalue weighted by Crippen LogP contribution is 2.33. The lowest BCUT2D eigenvalue weighted by Gasteiger charge is -2.19. The van der Waals surface area contributed by atoms with Gasteiger partial charge >= 0.3 is 0 Å². The molecule has 0 spiro atoms. The topological polar surface area (TPSA) is 29.5 Å². The number of ether oxygens (including phenoxy) is 1. The molecule has 1 N–H and O–H groups in total. The predicted molar refractivity (Wildman–Crippen MR) is 80.1 cm³/mol. The summed E-state index contributed by atoms with van der Waals surface area (Å²) in [6.45, 7) is 2.11. The van der Waals surface area contributed by atoms with Crippen LogP contribution in [0.1, 0.15) is 29.0 Å². The van der Waals surface area contributed by atoms with Crippen molar-refractivity contribution in [1.82, 2.24) is 0 Å². The molecule has 0 fully saturated rings. The third kappa shape index (κ3) is 3.08. The molecule has 0 radical (unpaired) electrons. The monoisotopic (exact) mass is 286 g/mol. The lowest BCUT2D eigenvalue weighted by atomic mass is 9.92. The van der Waals surface area contributed by atoms with Crippen LogP contribution in [-0.2, 0) is 6.42 Å². The first kappa shape index (κ1) is 14.1. The highest BCUT2D eigenvalue weighted by Gasteiger charge is 2.26. The van der Waals surface area contributed by atoms with Crippen LogP contribution in [0.15, 0.2) is 42.5 Å². The van der Waals surface area contributed by atoms with Gasteiger partial charge in [0.1, 0.15) is 17.7 Å². The van der Waals surface area contributed by atoms with Crippen LogP contribution in [0.3, 0.4) is 0 Å². The van der Waals surface area contributed by atoms with Gasteiger partial charge in [0, 0.05) is 12.3 Å². The first-order valence-electron chi connectivity index (χ1n) is 7.28. The third-order valence-corrected chi connectivity index (χ3v) is 4.07. The van der Waals surface area contributed by atoms with E-state index in [9.17, 15) is 9.50 Å². The molecule has 2 atom stereocenters. The van der Waals surface area contributed by atoms with Crippen molar-refractivity contribution in [3.8, 4) is 5.75 Å². The molecule has 0 saturated heterocycles. The number of fused-ring (bicyclic) bond motifs is 1. The van der Waals surface area contributed by atoms with Crippen LogP contribution in [0.4, 0.5) is 4.39 Å². The summed E-state index contributed by atoms with van der Waals surface area (Å²) in [5, 5.41) is 9.62. The van der Waals surface area contributed by atoms with Gasteiger partial charge in [0.2, 0.25) is 0 Å². The van der Waals surface area contributed by atoms with E-state index >= 15 is 0 Å². The second kappa shape index (κ2) is 5.86. The van der Waals surface area contributed by atoms with Crippen LogP contribution in [0.25, 0.3) is 0 Å². The normalized spacial score (nSPS) is 18.1. The van der Waals surface area contributed by atoms with E-state index in [1.165, 1.54) is 23.3 Å². The van der Waals surface area contributed by atoms with E-state index in [0.717, 1.165) is 24.2 Å². The maximum atomic E-state index is 13.0. The Labute approximate surface area is 124 Å². The van der Waals surface area contributed by atoms with E-state index in [-0.39, 0.29) is 24.4 Å². The number of rotatable bonds is 4. The summed E-state index contributed by atoms with van der Waals surface area (Å²) in [6, 6.07) is 12.6. The van der Waals surface area contributed by atoms with Gasteiger partial charge < -0.3 is 9.84 Å². The summed E-state index contributed by atoms with van der Waals surface area (Å²) in [5.41, 5.74) is 3.42. The van der Waals surface area contributed by atoms with Crippen LogP contribution in [0.5, 0.6) is 5.75 Å². The SMILES string of the molecule is Cc1ccc2c(c1)CC(CC(CO)c1ccc(F)cc1)O2. The second-order valence-electron chi connectivity index (χ2n) is 5.72. The minimum atomic E-state index is -0.254. The van der Waals surface area contributed by atoms with Gasteiger partial charge in [0.05, 0.1) is 6.61 Å². The summed E-state index contributed by atoms with van der Waals surface area (Å²) < 4.78 is 18.9. The molecule has 0 bridgehead atoms. The maximum Gasteiger partial charge on any atom is 0.123 e. The molecule has 3 rings (SSSR count). The fourth-order valence-electron chi connectivity index (χ4n) is 2.95. The van der Waals surface area contributed by atoms with E-state index in [1.54, 1.807) is 12.1 Å². The molecule has 1 aliphatic rings. The van der Waals surface area contributed by atoms with Crippen LogP contribution in [-0.4, -0.2) is 17.8 Å². The minimum Gasteiger partial charge on any atom is -0.490 e. The molecule has 3 heteroatoms. The largest absolute Gasteiger partial charge is 0.490 e. The second-order valence-corrected chi connectivity index (χ2v) is 5.72. The first-order chi connectivity index (χ1) is 10.2. The Hall–Kier alpha value is -1.87. The molecule has 0 aliphatic carbocycles.